The first-order chi connectivity index (χ1) is 6.31. The van der Waals surface area contributed by atoms with Crippen LogP contribution >= 0.6 is 0 Å². The third kappa shape index (κ3) is 9.75. The van der Waals surface area contributed by atoms with Crippen molar-refractivity contribution in [1.82, 2.24) is 10.2 Å². The molecule has 0 fully saturated rings. The van der Waals surface area contributed by atoms with E-state index in [0.717, 1.165) is 19.6 Å². The lowest BCUT2D eigenvalue weighted by molar-refractivity contribution is 0.333. The van der Waals surface area contributed by atoms with Crippen molar-refractivity contribution in [2.45, 2.75) is 40.2 Å². The van der Waals surface area contributed by atoms with Crippen molar-refractivity contribution in [3.63, 3.8) is 0 Å². The van der Waals surface area contributed by atoms with Crippen LogP contribution in [-0.2, 0) is 0 Å². The van der Waals surface area contributed by atoms with Gasteiger partial charge < -0.3 is 10.2 Å². The molecule has 0 aliphatic rings. The van der Waals surface area contributed by atoms with Gasteiger partial charge in [-0.25, -0.2) is 0 Å². The maximum Gasteiger partial charge on any atom is 0.0163 e. The lowest BCUT2D eigenvalue weighted by atomic mass is 10.1. The van der Waals surface area contributed by atoms with Crippen LogP contribution in [0.5, 0.6) is 0 Å². The van der Waals surface area contributed by atoms with E-state index in [4.69, 9.17) is 0 Å². The van der Waals surface area contributed by atoms with Crippen molar-refractivity contribution in [3.05, 3.63) is 11.6 Å². The van der Waals surface area contributed by atoms with E-state index < -0.39 is 0 Å². The molecule has 2 nitrogen and oxygen atoms in total. The second-order valence-corrected chi connectivity index (χ2v) is 5.22. The first kappa shape index (κ1) is 13.7. The minimum Gasteiger partial charge on any atom is -0.311 e. The highest BCUT2D eigenvalue weighted by Gasteiger charge is 2.07. The standard InChI is InChI=1S/C12H26N2/c1-11(2)7-9-14(6)10-8-13-12(3,4)5/h7,13H,8-10H2,1-6H3. The quantitative estimate of drug-likeness (QED) is 0.682. The highest BCUT2D eigenvalue weighted by Crippen LogP contribution is 1.97. The zero-order chi connectivity index (χ0) is 11.2. The zero-order valence-electron chi connectivity index (χ0n) is 10.6. The second-order valence-electron chi connectivity index (χ2n) is 5.22. The Morgan fingerprint density at radius 1 is 1.29 bits per heavy atom. The van der Waals surface area contributed by atoms with Crippen molar-refractivity contribution in [1.29, 1.82) is 0 Å². The summed E-state index contributed by atoms with van der Waals surface area (Å²) in [5.41, 5.74) is 1.62. The van der Waals surface area contributed by atoms with E-state index in [1.165, 1.54) is 5.57 Å². The molecule has 0 heterocycles. The molecular weight excluding hydrogens is 172 g/mol. The van der Waals surface area contributed by atoms with Gasteiger partial charge in [0.25, 0.3) is 0 Å². The number of rotatable bonds is 5. The smallest absolute Gasteiger partial charge is 0.0163 e. The first-order valence-electron chi connectivity index (χ1n) is 5.38. The zero-order valence-corrected chi connectivity index (χ0v) is 10.6. The predicted octanol–water partition coefficient (Wildman–Crippen LogP) is 2.27. The van der Waals surface area contributed by atoms with Crippen LogP contribution in [0.25, 0.3) is 0 Å². The summed E-state index contributed by atoms with van der Waals surface area (Å²) in [5.74, 6) is 0. The average Bonchev–Trinajstić information content (AvgIpc) is 1.98. The molecule has 0 aromatic rings. The molecule has 0 saturated carbocycles. The fourth-order valence-corrected chi connectivity index (χ4v) is 1.05. The van der Waals surface area contributed by atoms with Crippen molar-refractivity contribution >= 4 is 0 Å². The molecule has 0 atom stereocenters. The normalized spacial score (nSPS) is 11.9. The van der Waals surface area contributed by atoms with E-state index in [1.807, 2.05) is 0 Å². The van der Waals surface area contributed by atoms with Gasteiger partial charge in [0.1, 0.15) is 0 Å². The third-order valence-electron chi connectivity index (χ3n) is 1.96. The number of nitrogens with zero attached hydrogens (tertiary/aromatic N) is 1. The summed E-state index contributed by atoms with van der Waals surface area (Å²) < 4.78 is 0. The van der Waals surface area contributed by atoms with Gasteiger partial charge >= 0.3 is 0 Å². The summed E-state index contributed by atoms with van der Waals surface area (Å²) in [4.78, 5) is 2.33. The highest BCUT2D eigenvalue weighted by atomic mass is 15.1. The van der Waals surface area contributed by atoms with Crippen LogP contribution in [0.15, 0.2) is 11.6 Å². The minimum atomic E-state index is 0.233. The third-order valence-corrected chi connectivity index (χ3v) is 1.96. The van der Waals surface area contributed by atoms with Crippen molar-refractivity contribution in [2.75, 3.05) is 26.7 Å². The first-order valence-corrected chi connectivity index (χ1v) is 5.38. The summed E-state index contributed by atoms with van der Waals surface area (Å²) >= 11 is 0. The summed E-state index contributed by atoms with van der Waals surface area (Å²) in [7, 11) is 2.16. The Labute approximate surface area is 89.4 Å². The molecule has 0 radical (unpaired) electrons. The average molecular weight is 198 g/mol. The minimum absolute atomic E-state index is 0.233. The van der Waals surface area contributed by atoms with Crippen molar-refractivity contribution < 1.29 is 0 Å². The fourth-order valence-electron chi connectivity index (χ4n) is 1.05. The van der Waals surface area contributed by atoms with E-state index in [1.54, 1.807) is 0 Å². The Bertz CT molecular complexity index is 173. The van der Waals surface area contributed by atoms with Gasteiger partial charge in [-0.1, -0.05) is 11.6 Å². The topological polar surface area (TPSA) is 15.3 Å². The molecule has 0 aromatic carbocycles. The van der Waals surface area contributed by atoms with E-state index in [2.05, 4.69) is 58.0 Å². The number of likely N-dealkylation sites (N-methyl/N-ethyl adjacent to an activating group) is 1. The van der Waals surface area contributed by atoms with Crippen LogP contribution in [-0.4, -0.2) is 37.1 Å². The molecule has 0 unspecified atom stereocenters. The van der Waals surface area contributed by atoms with Gasteiger partial charge in [-0.2, -0.15) is 0 Å². The molecule has 0 saturated heterocycles. The van der Waals surface area contributed by atoms with Gasteiger partial charge in [0, 0.05) is 25.2 Å². The SMILES string of the molecule is CC(C)=CCN(C)CCNC(C)(C)C. The lowest BCUT2D eigenvalue weighted by Gasteiger charge is -2.23. The molecule has 0 bridgehead atoms. The summed E-state index contributed by atoms with van der Waals surface area (Å²) in [5, 5.41) is 3.48. The molecule has 0 aliphatic carbocycles. The molecule has 0 aromatic heterocycles. The van der Waals surface area contributed by atoms with Crippen LogP contribution in [0, 0.1) is 0 Å². The van der Waals surface area contributed by atoms with E-state index in [-0.39, 0.29) is 5.54 Å². The van der Waals surface area contributed by atoms with Gasteiger partial charge in [-0.05, 0) is 41.7 Å². The molecule has 1 N–H and O–H groups in total. The van der Waals surface area contributed by atoms with E-state index in [9.17, 15) is 0 Å². The Kier molecular flexibility index (Phi) is 6.05. The Hall–Kier alpha value is -0.340. The number of hydrogen-bond acceptors (Lipinski definition) is 2. The molecular formula is C12H26N2. The Morgan fingerprint density at radius 3 is 2.29 bits per heavy atom. The number of nitrogens with one attached hydrogen (secondary N) is 1. The second kappa shape index (κ2) is 6.20. The molecule has 0 spiro atoms. The molecule has 2 heteroatoms. The van der Waals surface area contributed by atoms with Crippen LogP contribution in [0.2, 0.25) is 0 Å². The van der Waals surface area contributed by atoms with Crippen molar-refractivity contribution in [2.24, 2.45) is 0 Å². The molecule has 0 aliphatic heterocycles. The number of hydrogen-bond donors (Lipinski definition) is 1. The number of allylic oxidation sites excluding steroid dienone is 1. The highest BCUT2D eigenvalue weighted by molar-refractivity contribution is 4.94. The largest absolute Gasteiger partial charge is 0.311 e. The monoisotopic (exact) mass is 198 g/mol. The molecule has 84 valence electrons. The lowest BCUT2D eigenvalue weighted by Crippen LogP contribution is -2.40. The molecule has 0 rings (SSSR count). The van der Waals surface area contributed by atoms with Crippen molar-refractivity contribution in [3.8, 4) is 0 Å². The summed E-state index contributed by atoms with van der Waals surface area (Å²) in [6.07, 6.45) is 2.26. The van der Waals surface area contributed by atoms with Gasteiger partial charge in [-0.3, -0.25) is 0 Å². The van der Waals surface area contributed by atoms with Crippen LogP contribution in [0.1, 0.15) is 34.6 Å². The maximum atomic E-state index is 3.48. The van der Waals surface area contributed by atoms with Crippen LogP contribution in [0.3, 0.4) is 0 Å². The Morgan fingerprint density at radius 2 is 1.86 bits per heavy atom. The summed E-state index contributed by atoms with van der Waals surface area (Å²) in [6, 6.07) is 0. The maximum absolute atomic E-state index is 3.48. The molecule has 0 amide bonds. The van der Waals surface area contributed by atoms with Gasteiger partial charge in [0.05, 0.1) is 0 Å². The van der Waals surface area contributed by atoms with Gasteiger partial charge in [-0.15, -0.1) is 0 Å². The Balaban J connectivity index is 3.55. The summed E-state index contributed by atoms with van der Waals surface area (Å²) in [6.45, 7) is 14.1. The molecule has 14 heavy (non-hydrogen) atoms. The van der Waals surface area contributed by atoms with Crippen LogP contribution in [0.4, 0.5) is 0 Å². The van der Waals surface area contributed by atoms with Gasteiger partial charge in [0.15, 0.2) is 0 Å². The van der Waals surface area contributed by atoms with E-state index in [0.29, 0.717) is 0 Å². The van der Waals surface area contributed by atoms with Gasteiger partial charge in [0.2, 0.25) is 0 Å². The fraction of sp³-hybridized carbons (Fsp3) is 0.833. The van der Waals surface area contributed by atoms with Crippen LogP contribution < -0.4 is 5.32 Å². The predicted molar refractivity (Wildman–Crippen MR) is 64.7 cm³/mol. The van der Waals surface area contributed by atoms with E-state index >= 15 is 0 Å².